The largest absolute Gasteiger partial charge is 0.310 e. The average Bonchev–Trinajstić information content (AvgIpc) is 3.81. The third-order valence-corrected chi connectivity index (χ3v) is 16.2. The van der Waals surface area contributed by atoms with Gasteiger partial charge in [0, 0.05) is 44.4 Å². The monoisotopic (exact) mass is 920 g/mol. The first-order valence-corrected chi connectivity index (χ1v) is 25.3. The quantitative estimate of drug-likeness (QED) is 0.157. The molecule has 0 unspecified atom stereocenters. The topological polar surface area (TPSA) is 6.48 Å². The highest BCUT2D eigenvalue weighted by atomic mass is 15.1. The van der Waals surface area contributed by atoms with E-state index in [1.165, 1.54) is 98.7 Å². The van der Waals surface area contributed by atoms with Gasteiger partial charge in [-0.25, -0.2) is 0 Å². The van der Waals surface area contributed by atoms with Crippen LogP contribution in [0, 0.1) is 0 Å². The lowest BCUT2D eigenvalue weighted by atomic mass is 9.80. The van der Waals surface area contributed by atoms with Crippen LogP contribution in [0.15, 0.2) is 243 Å². The van der Waals surface area contributed by atoms with E-state index in [2.05, 4.69) is 280 Å². The summed E-state index contributed by atoms with van der Waals surface area (Å²) >= 11 is 0. The second-order valence-electron chi connectivity index (χ2n) is 20.9. The highest BCUT2D eigenvalue weighted by Crippen LogP contribution is 2.54. The van der Waals surface area contributed by atoms with Crippen molar-refractivity contribution in [1.82, 2.24) is 0 Å². The first kappa shape index (κ1) is 42.2. The van der Waals surface area contributed by atoms with Crippen molar-refractivity contribution in [3.8, 4) is 33.4 Å². The Labute approximate surface area is 421 Å². The molecule has 2 heteroatoms. The Bertz CT molecular complexity index is 3880. The third-order valence-electron chi connectivity index (χ3n) is 16.2. The Balaban J connectivity index is 0.845. The molecular formula is C70H52N2. The van der Waals surface area contributed by atoms with Crippen LogP contribution in [0.5, 0.6) is 0 Å². The molecule has 0 N–H and O–H groups in total. The summed E-state index contributed by atoms with van der Waals surface area (Å²) in [6, 6.07) is 90.2. The lowest BCUT2D eigenvalue weighted by Crippen LogP contribution is -2.15. The smallest absolute Gasteiger partial charge is 0.0540 e. The maximum Gasteiger partial charge on any atom is 0.0540 e. The molecule has 0 amide bonds. The minimum absolute atomic E-state index is 0.0904. The van der Waals surface area contributed by atoms with E-state index in [0.717, 1.165) is 34.1 Å². The number of hydrogen-bond acceptors (Lipinski definition) is 2. The van der Waals surface area contributed by atoms with E-state index in [4.69, 9.17) is 0 Å². The molecule has 12 aromatic carbocycles. The summed E-state index contributed by atoms with van der Waals surface area (Å²) in [7, 11) is 0. The predicted octanol–water partition coefficient (Wildman–Crippen LogP) is 19.5. The second kappa shape index (κ2) is 15.9. The summed E-state index contributed by atoms with van der Waals surface area (Å²) in [6.07, 6.45) is 0. The predicted molar refractivity (Wildman–Crippen MR) is 306 cm³/mol. The minimum atomic E-state index is -0.0904. The molecule has 0 saturated heterocycles. The molecule has 0 bridgehead atoms. The molecular weight excluding hydrogens is 869 g/mol. The molecule has 0 aliphatic heterocycles. The molecule has 0 saturated carbocycles. The number of fused-ring (bicyclic) bond motifs is 12. The van der Waals surface area contributed by atoms with Crippen molar-refractivity contribution >= 4 is 77.2 Å². The Morgan fingerprint density at radius 3 is 1.08 bits per heavy atom. The van der Waals surface area contributed by atoms with Gasteiger partial charge in [0.15, 0.2) is 0 Å². The van der Waals surface area contributed by atoms with Gasteiger partial charge in [0.05, 0.1) is 11.4 Å². The second-order valence-corrected chi connectivity index (χ2v) is 20.9. The summed E-state index contributed by atoms with van der Waals surface area (Å²) in [5, 5.41) is 9.97. The van der Waals surface area contributed by atoms with E-state index in [1.54, 1.807) is 0 Å². The van der Waals surface area contributed by atoms with Gasteiger partial charge in [-0.1, -0.05) is 210 Å². The fourth-order valence-corrected chi connectivity index (χ4v) is 12.8. The molecule has 0 aromatic heterocycles. The van der Waals surface area contributed by atoms with Crippen molar-refractivity contribution < 1.29 is 0 Å². The SMILES string of the molecule is CC1(C)c2ccccc2-c2ccc3cc(N(c4ccc(-c5ccc(N(c6ccc7c8c(ccc7c6)-c6ccccc6C8(C)C)c6cccc7ccccc67)cc5)cc4)c4cccc5ccccc45)ccc3c21. The van der Waals surface area contributed by atoms with Crippen LogP contribution in [0.2, 0.25) is 0 Å². The van der Waals surface area contributed by atoms with Crippen molar-refractivity contribution in [3.05, 3.63) is 265 Å². The van der Waals surface area contributed by atoms with Gasteiger partial charge in [0.1, 0.15) is 0 Å². The number of benzene rings is 12. The van der Waals surface area contributed by atoms with Gasteiger partial charge in [-0.3, -0.25) is 0 Å². The standard InChI is InChI=1S/C70H52N2/c1-69(2)63-23-11-9-21-59(63)61-39-31-49-43-53(37-41-57(49)67(61)69)71(65-25-13-17-47-15-5-7-19-55(47)65)51-33-27-45(28-34-51)46-29-35-52(36-30-46)72(66-26-14-18-48-16-6-8-20-56(48)66)54-38-42-58-50(44-54)32-40-62-60-22-10-12-24-64(60)70(3,4)68(58)62/h5-44H,1-4H3. The van der Waals surface area contributed by atoms with Crippen LogP contribution >= 0.6 is 0 Å². The zero-order valence-electron chi connectivity index (χ0n) is 41.0. The lowest BCUT2D eigenvalue weighted by Gasteiger charge is -2.28. The molecule has 0 fully saturated rings. The van der Waals surface area contributed by atoms with Crippen molar-refractivity contribution in [3.63, 3.8) is 0 Å². The Morgan fingerprint density at radius 2 is 0.639 bits per heavy atom. The summed E-state index contributed by atoms with van der Waals surface area (Å²) in [4.78, 5) is 4.86. The first-order chi connectivity index (χ1) is 35.2. The summed E-state index contributed by atoms with van der Waals surface area (Å²) in [6.45, 7) is 9.49. The van der Waals surface area contributed by atoms with Crippen LogP contribution in [0.25, 0.3) is 76.5 Å². The van der Waals surface area contributed by atoms with Crippen LogP contribution in [-0.2, 0) is 10.8 Å². The van der Waals surface area contributed by atoms with Gasteiger partial charge in [-0.15, -0.1) is 0 Å². The van der Waals surface area contributed by atoms with Crippen molar-refractivity contribution in [2.75, 3.05) is 9.80 Å². The van der Waals surface area contributed by atoms with Gasteiger partial charge >= 0.3 is 0 Å². The van der Waals surface area contributed by atoms with E-state index < -0.39 is 0 Å². The zero-order chi connectivity index (χ0) is 48.3. The van der Waals surface area contributed by atoms with Gasteiger partial charge in [-0.2, -0.15) is 0 Å². The zero-order valence-corrected chi connectivity index (χ0v) is 41.0. The fourth-order valence-electron chi connectivity index (χ4n) is 12.8. The third kappa shape index (κ3) is 6.35. The van der Waals surface area contributed by atoms with Crippen LogP contribution in [0.4, 0.5) is 34.1 Å². The van der Waals surface area contributed by atoms with Gasteiger partial charge in [-0.05, 0) is 149 Å². The van der Waals surface area contributed by atoms with E-state index in [-0.39, 0.29) is 10.8 Å². The highest BCUT2D eigenvalue weighted by Gasteiger charge is 2.38. The van der Waals surface area contributed by atoms with Gasteiger partial charge < -0.3 is 9.80 Å². The maximum atomic E-state index is 2.43. The minimum Gasteiger partial charge on any atom is -0.310 e. The van der Waals surface area contributed by atoms with Crippen molar-refractivity contribution in [2.24, 2.45) is 0 Å². The van der Waals surface area contributed by atoms with Crippen molar-refractivity contribution in [1.29, 1.82) is 0 Å². The van der Waals surface area contributed by atoms with E-state index in [0.29, 0.717) is 0 Å². The average molecular weight is 921 g/mol. The molecule has 342 valence electrons. The molecule has 72 heavy (non-hydrogen) atoms. The number of anilines is 6. The van der Waals surface area contributed by atoms with E-state index >= 15 is 0 Å². The lowest BCUT2D eigenvalue weighted by molar-refractivity contribution is 0.666. The number of hydrogen-bond donors (Lipinski definition) is 0. The summed E-state index contributed by atoms with van der Waals surface area (Å²) in [5.74, 6) is 0. The van der Waals surface area contributed by atoms with Gasteiger partial charge in [0.2, 0.25) is 0 Å². The highest BCUT2D eigenvalue weighted by molar-refractivity contribution is 6.05. The van der Waals surface area contributed by atoms with Crippen LogP contribution in [-0.4, -0.2) is 0 Å². The molecule has 2 aliphatic rings. The number of rotatable bonds is 7. The summed E-state index contributed by atoms with van der Waals surface area (Å²) < 4.78 is 0. The Morgan fingerprint density at radius 1 is 0.264 bits per heavy atom. The molecule has 2 aliphatic carbocycles. The molecule has 0 radical (unpaired) electrons. The maximum absolute atomic E-state index is 2.43. The Kier molecular flexibility index (Phi) is 9.32. The Hall–Kier alpha value is -8.72. The first-order valence-electron chi connectivity index (χ1n) is 25.3. The van der Waals surface area contributed by atoms with Crippen molar-refractivity contribution in [2.45, 2.75) is 38.5 Å². The van der Waals surface area contributed by atoms with Crippen LogP contribution in [0.1, 0.15) is 49.9 Å². The fraction of sp³-hybridized carbons (Fsp3) is 0.0857. The molecule has 14 rings (SSSR count). The molecule has 0 atom stereocenters. The summed E-state index contributed by atoms with van der Waals surface area (Å²) in [5.41, 5.74) is 19.9. The molecule has 2 nitrogen and oxygen atoms in total. The van der Waals surface area contributed by atoms with E-state index in [1.807, 2.05) is 0 Å². The van der Waals surface area contributed by atoms with E-state index in [9.17, 15) is 0 Å². The number of nitrogens with zero attached hydrogens (tertiary/aromatic N) is 2. The van der Waals surface area contributed by atoms with Crippen LogP contribution < -0.4 is 9.80 Å². The molecule has 0 heterocycles. The van der Waals surface area contributed by atoms with Crippen LogP contribution in [0.3, 0.4) is 0 Å². The normalized spacial score (nSPS) is 13.8. The van der Waals surface area contributed by atoms with Gasteiger partial charge in [0.25, 0.3) is 0 Å². The molecule has 0 spiro atoms. The molecule has 12 aromatic rings.